The topological polar surface area (TPSA) is 58.6 Å². The largest absolute Gasteiger partial charge is 0.482 e. The van der Waals surface area contributed by atoms with E-state index in [1.54, 1.807) is 23.1 Å². The number of rotatable bonds is 5. The molecule has 1 aliphatic heterocycles. The van der Waals surface area contributed by atoms with Gasteiger partial charge in [-0.25, -0.2) is 0 Å². The molecule has 1 saturated carbocycles. The van der Waals surface area contributed by atoms with Gasteiger partial charge in [-0.2, -0.15) is 0 Å². The monoisotopic (exact) mass is 370 g/mol. The van der Waals surface area contributed by atoms with Crippen LogP contribution in [0.5, 0.6) is 5.75 Å². The molecule has 2 fully saturated rings. The van der Waals surface area contributed by atoms with E-state index in [9.17, 15) is 9.59 Å². The average molecular weight is 371 g/mol. The van der Waals surface area contributed by atoms with E-state index in [1.165, 1.54) is 0 Å². The van der Waals surface area contributed by atoms with Gasteiger partial charge in [0.2, 0.25) is 5.91 Å². The Balaban J connectivity index is 1.43. The summed E-state index contributed by atoms with van der Waals surface area (Å²) in [5.74, 6) is 0.491. The molecular weight excluding hydrogens is 351 g/mol. The third-order valence-electron chi connectivity index (χ3n) is 4.39. The summed E-state index contributed by atoms with van der Waals surface area (Å²) in [7, 11) is 0. The van der Waals surface area contributed by atoms with Gasteiger partial charge >= 0.3 is 0 Å². The Morgan fingerprint density at radius 2 is 1.88 bits per heavy atom. The van der Waals surface area contributed by atoms with Crippen molar-refractivity contribution >= 4 is 35.0 Å². The lowest BCUT2D eigenvalue weighted by molar-refractivity contribution is -0.137. The lowest BCUT2D eigenvalue weighted by Gasteiger charge is -2.31. The second-order valence-corrected chi connectivity index (χ2v) is 7.14. The van der Waals surface area contributed by atoms with Crippen molar-refractivity contribution in [2.24, 2.45) is 5.92 Å². The van der Waals surface area contributed by atoms with E-state index >= 15 is 0 Å². The first-order valence-electron chi connectivity index (χ1n) is 8.19. The van der Waals surface area contributed by atoms with Crippen molar-refractivity contribution in [1.29, 1.82) is 0 Å². The number of benzene rings is 1. The van der Waals surface area contributed by atoms with E-state index in [1.807, 2.05) is 0 Å². The highest BCUT2D eigenvalue weighted by Crippen LogP contribution is 2.27. The number of piperidine rings is 1. The number of halogens is 2. The molecule has 1 aromatic rings. The maximum Gasteiger partial charge on any atom is 0.260 e. The maximum atomic E-state index is 12.2. The number of nitrogens with zero attached hydrogens (tertiary/aromatic N) is 1. The Morgan fingerprint density at radius 1 is 1.17 bits per heavy atom. The maximum absolute atomic E-state index is 12.2. The Morgan fingerprint density at radius 3 is 2.50 bits per heavy atom. The van der Waals surface area contributed by atoms with E-state index in [4.69, 9.17) is 27.9 Å². The molecule has 2 amide bonds. The molecule has 0 bridgehead atoms. The van der Waals surface area contributed by atoms with Crippen LogP contribution in [0.25, 0.3) is 0 Å². The second kappa shape index (κ2) is 7.62. The standard InChI is InChI=1S/C17H20Cl2N2O3/c18-12-1-4-15(14(19)9-12)24-10-16(22)21-7-5-11(6-8-21)17(23)20-13-2-3-13/h1,4,9,11,13H,2-3,5-8,10H2,(H,20,23). The molecule has 0 aromatic heterocycles. The summed E-state index contributed by atoms with van der Waals surface area (Å²) in [5, 5.41) is 3.93. The van der Waals surface area contributed by atoms with Crippen LogP contribution in [0.4, 0.5) is 0 Å². The molecule has 24 heavy (non-hydrogen) atoms. The molecule has 130 valence electrons. The van der Waals surface area contributed by atoms with Gasteiger partial charge in [-0.3, -0.25) is 9.59 Å². The lowest BCUT2D eigenvalue weighted by Crippen LogP contribution is -2.44. The smallest absolute Gasteiger partial charge is 0.260 e. The van der Waals surface area contributed by atoms with E-state index in [2.05, 4.69) is 5.32 Å². The predicted molar refractivity (Wildman–Crippen MR) is 92.4 cm³/mol. The summed E-state index contributed by atoms with van der Waals surface area (Å²) in [5.41, 5.74) is 0. The van der Waals surface area contributed by atoms with Crippen molar-refractivity contribution in [3.63, 3.8) is 0 Å². The third kappa shape index (κ3) is 4.54. The number of carbonyl (C=O) groups is 2. The van der Waals surface area contributed by atoms with Crippen LogP contribution in [0.2, 0.25) is 10.0 Å². The first-order chi connectivity index (χ1) is 11.5. The fraction of sp³-hybridized carbons (Fsp3) is 0.529. The number of likely N-dealkylation sites (tertiary alicyclic amines) is 1. The zero-order chi connectivity index (χ0) is 17.1. The van der Waals surface area contributed by atoms with Crippen LogP contribution in [-0.4, -0.2) is 42.5 Å². The third-order valence-corrected chi connectivity index (χ3v) is 4.92. The van der Waals surface area contributed by atoms with Gasteiger partial charge < -0.3 is 15.0 Å². The van der Waals surface area contributed by atoms with Crippen LogP contribution in [0, 0.1) is 5.92 Å². The quantitative estimate of drug-likeness (QED) is 0.866. The van der Waals surface area contributed by atoms with E-state index in [0.29, 0.717) is 47.8 Å². The average Bonchev–Trinajstić information content (AvgIpc) is 3.38. The van der Waals surface area contributed by atoms with Crippen LogP contribution in [0.15, 0.2) is 18.2 Å². The fourth-order valence-electron chi connectivity index (χ4n) is 2.76. The van der Waals surface area contributed by atoms with Gasteiger partial charge in [0.1, 0.15) is 5.75 Å². The van der Waals surface area contributed by atoms with E-state index in [-0.39, 0.29) is 24.3 Å². The summed E-state index contributed by atoms with van der Waals surface area (Å²) in [4.78, 5) is 26.0. The first kappa shape index (κ1) is 17.4. The number of hydrogen-bond donors (Lipinski definition) is 1. The lowest BCUT2D eigenvalue weighted by atomic mass is 9.96. The molecule has 7 heteroatoms. The van der Waals surface area contributed by atoms with Gasteiger partial charge in [-0.1, -0.05) is 23.2 Å². The molecule has 0 spiro atoms. The SMILES string of the molecule is O=C(NC1CC1)C1CCN(C(=O)COc2ccc(Cl)cc2Cl)CC1. The molecule has 1 aliphatic carbocycles. The van der Waals surface area contributed by atoms with Crippen molar-refractivity contribution in [1.82, 2.24) is 10.2 Å². The molecule has 1 saturated heterocycles. The second-order valence-electron chi connectivity index (χ2n) is 6.30. The highest BCUT2D eigenvalue weighted by atomic mass is 35.5. The van der Waals surface area contributed by atoms with Crippen LogP contribution < -0.4 is 10.1 Å². The zero-order valence-corrected chi connectivity index (χ0v) is 14.8. The molecule has 0 unspecified atom stereocenters. The van der Waals surface area contributed by atoms with Gasteiger partial charge in [-0.05, 0) is 43.9 Å². The van der Waals surface area contributed by atoms with Gasteiger partial charge in [0.15, 0.2) is 6.61 Å². The summed E-state index contributed by atoms with van der Waals surface area (Å²) in [6, 6.07) is 5.27. The minimum Gasteiger partial charge on any atom is -0.482 e. The van der Waals surface area contributed by atoms with Crippen molar-refractivity contribution in [2.45, 2.75) is 31.7 Å². The van der Waals surface area contributed by atoms with Crippen molar-refractivity contribution in [3.8, 4) is 5.75 Å². The Kier molecular flexibility index (Phi) is 5.51. The van der Waals surface area contributed by atoms with Crippen molar-refractivity contribution in [3.05, 3.63) is 28.2 Å². The fourth-order valence-corrected chi connectivity index (χ4v) is 3.22. The summed E-state index contributed by atoms with van der Waals surface area (Å²) in [6.45, 7) is 1.10. The predicted octanol–water partition coefficient (Wildman–Crippen LogP) is 2.89. The number of nitrogens with one attached hydrogen (secondary N) is 1. The highest BCUT2D eigenvalue weighted by Gasteiger charge is 2.31. The molecule has 3 rings (SSSR count). The molecular formula is C17H20Cl2N2O3. The van der Waals surface area contributed by atoms with Gasteiger partial charge in [-0.15, -0.1) is 0 Å². The minimum atomic E-state index is -0.0953. The number of carbonyl (C=O) groups excluding carboxylic acids is 2. The molecule has 5 nitrogen and oxygen atoms in total. The minimum absolute atomic E-state index is 0.0151. The summed E-state index contributed by atoms with van der Waals surface area (Å²) >= 11 is 11.8. The summed E-state index contributed by atoms with van der Waals surface area (Å²) < 4.78 is 5.48. The molecule has 0 radical (unpaired) electrons. The Labute approximate surface area is 151 Å². The van der Waals surface area contributed by atoms with Crippen LogP contribution in [-0.2, 0) is 9.59 Å². The number of ether oxygens (including phenoxy) is 1. The summed E-state index contributed by atoms with van der Waals surface area (Å²) in [6.07, 6.45) is 3.58. The number of hydrogen-bond acceptors (Lipinski definition) is 3. The van der Waals surface area contributed by atoms with Crippen LogP contribution in [0.3, 0.4) is 0 Å². The molecule has 1 heterocycles. The molecule has 0 atom stereocenters. The van der Waals surface area contributed by atoms with E-state index < -0.39 is 0 Å². The van der Waals surface area contributed by atoms with Crippen molar-refractivity contribution < 1.29 is 14.3 Å². The Bertz CT molecular complexity index is 626. The van der Waals surface area contributed by atoms with Gasteiger partial charge in [0, 0.05) is 30.1 Å². The zero-order valence-electron chi connectivity index (χ0n) is 13.3. The highest BCUT2D eigenvalue weighted by molar-refractivity contribution is 6.35. The number of amides is 2. The van der Waals surface area contributed by atoms with Crippen molar-refractivity contribution in [2.75, 3.05) is 19.7 Å². The van der Waals surface area contributed by atoms with Gasteiger partial charge in [0.25, 0.3) is 5.91 Å². The molecule has 2 aliphatic rings. The van der Waals surface area contributed by atoms with Gasteiger partial charge in [0.05, 0.1) is 5.02 Å². The van der Waals surface area contributed by atoms with Crippen LogP contribution >= 0.6 is 23.2 Å². The molecule has 1 aromatic carbocycles. The van der Waals surface area contributed by atoms with Crippen LogP contribution in [0.1, 0.15) is 25.7 Å². The Hall–Kier alpha value is -1.46. The molecule has 1 N–H and O–H groups in total. The van der Waals surface area contributed by atoms with E-state index in [0.717, 1.165) is 12.8 Å². The first-order valence-corrected chi connectivity index (χ1v) is 8.94. The normalized spacial score (nSPS) is 18.3.